The molecule has 164 valence electrons. The molecular weight excluding hydrogens is 402 g/mol. The second-order valence-corrected chi connectivity index (χ2v) is 8.44. The van der Waals surface area contributed by atoms with E-state index in [1.54, 1.807) is 17.9 Å². The summed E-state index contributed by atoms with van der Waals surface area (Å²) in [6.07, 6.45) is 4.94. The minimum atomic E-state index is -0.00830. The molecule has 5 rings (SSSR count). The first kappa shape index (κ1) is 20.3. The number of methoxy groups -OCH3 is 1. The third-order valence-corrected chi connectivity index (χ3v) is 6.26. The van der Waals surface area contributed by atoms with E-state index in [0.29, 0.717) is 11.7 Å². The third kappa shape index (κ3) is 3.65. The van der Waals surface area contributed by atoms with Gasteiger partial charge in [-0.15, -0.1) is 0 Å². The quantitative estimate of drug-likeness (QED) is 0.487. The number of nitrogens with zero attached hydrogens (tertiary/aromatic N) is 5. The molecule has 0 spiro atoms. The molecule has 0 bridgehead atoms. The lowest BCUT2D eigenvalue weighted by atomic mass is 10.1. The van der Waals surface area contributed by atoms with Crippen molar-refractivity contribution in [1.29, 1.82) is 0 Å². The maximum atomic E-state index is 13.0. The molecule has 0 saturated carbocycles. The van der Waals surface area contributed by atoms with Crippen LogP contribution in [0.15, 0.2) is 67.0 Å². The summed E-state index contributed by atoms with van der Waals surface area (Å²) < 4.78 is 9.23. The Bertz CT molecular complexity index is 1270. The van der Waals surface area contributed by atoms with Crippen LogP contribution >= 0.6 is 0 Å². The number of fused-ring (bicyclic) bond motifs is 1. The zero-order valence-corrected chi connectivity index (χ0v) is 18.6. The number of hydrogen-bond donors (Lipinski definition) is 0. The Morgan fingerprint density at radius 3 is 2.72 bits per heavy atom. The Balaban J connectivity index is 1.44. The van der Waals surface area contributed by atoms with Gasteiger partial charge in [0, 0.05) is 37.0 Å². The molecule has 4 heterocycles. The van der Waals surface area contributed by atoms with Crippen LogP contribution in [0.2, 0.25) is 0 Å². The summed E-state index contributed by atoms with van der Waals surface area (Å²) in [5.74, 6) is 1.70. The number of hydrogen-bond acceptors (Lipinski definition) is 4. The minimum absolute atomic E-state index is 0.00830. The van der Waals surface area contributed by atoms with Crippen LogP contribution in [0.4, 0.5) is 0 Å². The fourth-order valence-electron chi connectivity index (χ4n) is 4.32. The fourth-order valence-corrected chi connectivity index (χ4v) is 4.32. The van der Waals surface area contributed by atoms with Crippen LogP contribution in [0.1, 0.15) is 16.9 Å². The minimum Gasteiger partial charge on any atom is -0.497 e. The summed E-state index contributed by atoms with van der Waals surface area (Å²) in [6, 6.07) is 18.5. The Kier molecular flexibility index (Phi) is 5.19. The van der Waals surface area contributed by atoms with Gasteiger partial charge in [-0.05, 0) is 68.0 Å². The highest BCUT2D eigenvalue weighted by Crippen LogP contribution is 2.26. The monoisotopic (exact) mass is 429 g/mol. The van der Waals surface area contributed by atoms with E-state index in [2.05, 4.69) is 59.0 Å². The Morgan fingerprint density at radius 1 is 1.09 bits per heavy atom. The van der Waals surface area contributed by atoms with Crippen molar-refractivity contribution < 1.29 is 9.53 Å². The predicted octanol–water partition coefficient (Wildman–Crippen LogP) is 3.58. The number of benzene rings is 1. The van der Waals surface area contributed by atoms with Gasteiger partial charge in [-0.1, -0.05) is 18.2 Å². The van der Waals surface area contributed by atoms with Crippen molar-refractivity contribution in [2.75, 3.05) is 34.3 Å². The molecule has 1 aromatic carbocycles. The number of ether oxygens (including phenoxy) is 1. The van der Waals surface area contributed by atoms with Crippen LogP contribution in [0.25, 0.3) is 22.5 Å². The SMILES string of the molecule is COc1cccc(-c2ccc3ccc(-n4ccc(C(=O)N5CCC(N(C)C)C5)n4)n3c2)c1. The van der Waals surface area contributed by atoms with Gasteiger partial charge in [-0.3, -0.25) is 4.79 Å². The molecule has 1 amide bonds. The Labute approximate surface area is 187 Å². The van der Waals surface area contributed by atoms with Crippen molar-refractivity contribution in [1.82, 2.24) is 24.0 Å². The summed E-state index contributed by atoms with van der Waals surface area (Å²) >= 11 is 0. The van der Waals surface area contributed by atoms with Crippen molar-refractivity contribution in [3.8, 4) is 22.7 Å². The number of carbonyl (C=O) groups excluding carboxylic acids is 1. The third-order valence-electron chi connectivity index (χ3n) is 6.26. The molecule has 1 aliphatic heterocycles. The number of aromatic nitrogens is 3. The van der Waals surface area contributed by atoms with Crippen molar-refractivity contribution in [3.05, 3.63) is 72.7 Å². The molecule has 0 N–H and O–H groups in total. The second kappa shape index (κ2) is 8.16. The molecule has 1 aliphatic rings. The maximum Gasteiger partial charge on any atom is 0.274 e. The van der Waals surface area contributed by atoms with Crippen LogP contribution in [0.3, 0.4) is 0 Å². The summed E-state index contributed by atoms with van der Waals surface area (Å²) in [7, 11) is 5.79. The lowest BCUT2D eigenvalue weighted by molar-refractivity contribution is 0.0777. The van der Waals surface area contributed by atoms with E-state index in [0.717, 1.165) is 47.7 Å². The average Bonchev–Trinajstić information content (AvgIpc) is 3.57. The molecule has 4 aromatic rings. The van der Waals surface area contributed by atoms with Crippen LogP contribution in [-0.4, -0.2) is 70.2 Å². The zero-order chi connectivity index (χ0) is 22.2. The van der Waals surface area contributed by atoms with Crippen LogP contribution < -0.4 is 4.74 Å². The Hall–Kier alpha value is -3.58. The van der Waals surface area contributed by atoms with Gasteiger partial charge in [0.2, 0.25) is 0 Å². The molecule has 3 aromatic heterocycles. The highest BCUT2D eigenvalue weighted by atomic mass is 16.5. The lowest BCUT2D eigenvalue weighted by Crippen LogP contribution is -2.34. The summed E-state index contributed by atoms with van der Waals surface area (Å²) in [5.41, 5.74) is 3.68. The normalized spacial score (nSPS) is 16.2. The van der Waals surface area contributed by atoms with Crippen LogP contribution in [-0.2, 0) is 0 Å². The fraction of sp³-hybridized carbons (Fsp3) is 0.280. The largest absolute Gasteiger partial charge is 0.497 e. The van der Waals surface area contributed by atoms with Gasteiger partial charge >= 0.3 is 0 Å². The van der Waals surface area contributed by atoms with E-state index in [4.69, 9.17) is 4.74 Å². The first-order valence-electron chi connectivity index (χ1n) is 10.8. The highest BCUT2D eigenvalue weighted by Gasteiger charge is 2.29. The first-order valence-corrected chi connectivity index (χ1v) is 10.8. The van der Waals surface area contributed by atoms with Crippen molar-refractivity contribution in [2.45, 2.75) is 12.5 Å². The smallest absolute Gasteiger partial charge is 0.274 e. The number of likely N-dealkylation sites (tertiary alicyclic amines) is 1. The highest BCUT2D eigenvalue weighted by molar-refractivity contribution is 5.92. The molecule has 1 atom stereocenters. The van der Waals surface area contributed by atoms with Crippen molar-refractivity contribution >= 4 is 11.4 Å². The van der Waals surface area contributed by atoms with Crippen LogP contribution in [0, 0.1) is 0 Å². The number of amides is 1. The topological polar surface area (TPSA) is 55.0 Å². The van der Waals surface area contributed by atoms with E-state index in [1.807, 2.05) is 35.4 Å². The Morgan fingerprint density at radius 2 is 1.94 bits per heavy atom. The van der Waals surface area contributed by atoms with Gasteiger partial charge in [0.15, 0.2) is 5.69 Å². The van der Waals surface area contributed by atoms with Gasteiger partial charge < -0.3 is 18.9 Å². The molecular formula is C25H27N5O2. The molecule has 1 fully saturated rings. The lowest BCUT2D eigenvalue weighted by Gasteiger charge is -2.19. The van der Waals surface area contributed by atoms with Crippen LogP contribution in [0.5, 0.6) is 5.75 Å². The number of likely N-dealkylation sites (N-methyl/N-ethyl adjacent to an activating group) is 1. The van der Waals surface area contributed by atoms with E-state index in [1.165, 1.54) is 0 Å². The summed E-state index contributed by atoms with van der Waals surface area (Å²) in [4.78, 5) is 17.1. The van der Waals surface area contributed by atoms with Crippen molar-refractivity contribution in [3.63, 3.8) is 0 Å². The molecule has 1 unspecified atom stereocenters. The molecule has 0 radical (unpaired) electrons. The van der Waals surface area contributed by atoms with Gasteiger partial charge in [0.1, 0.15) is 11.6 Å². The van der Waals surface area contributed by atoms with E-state index >= 15 is 0 Å². The van der Waals surface area contributed by atoms with E-state index in [-0.39, 0.29) is 5.91 Å². The molecule has 1 saturated heterocycles. The molecule has 7 nitrogen and oxygen atoms in total. The molecule has 32 heavy (non-hydrogen) atoms. The van der Waals surface area contributed by atoms with Gasteiger partial charge in [-0.25, -0.2) is 4.68 Å². The number of carbonyl (C=O) groups is 1. The number of rotatable bonds is 5. The van der Waals surface area contributed by atoms with Gasteiger partial charge in [0.25, 0.3) is 5.91 Å². The predicted molar refractivity (Wildman–Crippen MR) is 125 cm³/mol. The van der Waals surface area contributed by atoms with E-state index < -0.39 is 0 Å². The first-order chi connectivity index (χ1) is 15.5. The van der Waals surface area contributed by atoms with Crippen molar-refractivity contribution in [2.24, 2.45) is 0 Å². The maximum absolute atomic E-state index is 13.0. The van der Waals surface area contributed by atoms with Gasteiger partial charge in [-0.2, -0.15) is 5.10 Å². The second-order valence-electron chi connectivity index (χ2n) is 8.44. The summed E-state index contributed by atoms with van der Waals surface area (Å²) in [6.45, 7) is 1.52. The standard InChI is InChI=1S/C25H27N5O2/c1-27(2)21-11-13-28(17-21)25(31)23-12-14-30(26-23)24-10-9-20-8-7-19(16-29(20)24)18-5-4-6-22(15-18)32-3/h4-10,12,14-16,21H,11,13,17H2,1-3H3. The average molecular weight is 430 g/mol. The van der Waals surface area contributed by atoms with E-state index in [9.17, 15) is 4.79 Å². The number of pyridine rings is 1. The molecule has 7 heteroatoms. The van der Waals surface area contributed by atoms with Gasteiger partial charge in [0.05, 0.1) is 7.11 Å². The summed E-state index contributed by atoms with van der Waals surface area (Å²) in [5, 5.41) is 4.62. The zero-order valence-electron chi connectivity index (χ0n) is 18.6. The molecule has 0 aliphatic carbocycles.